The fraction of sp³-hybridized carbons (Fsp3) is 0.167. The number of amides is 1. The van der Waals surface area contributed by atoms with Gasteiger partial charge in [-0.3, -0.25) is 9.78 Å². The number of aromatic nitrogens is 1. The third-order valence-corrected chi connectivity index (χ3v) is 6.13. The molecule has 1 atom stereocenters. The molecule has 0 aliphatic rings. The van der Waals surface area contributed by atoms with Crippen molar-refractivity contribution in [3.05, 3.63) is 77.6 Å². The van der Waals surface area contributed by atoms with E-state index in [1.54, 1.807) is 69.9 Å². The van der Waals surface area contributed by atoms with Gasteiger partial charge < -0.3 is 14.2 Å². The number of carbonyl (C=O) groups is 1. The topological polar surface area (TPSA) is 87.1 Å². The summed E-state index contributed by atoms with van der Waals surface area (Å²) in [4.78, 5) is 17.1. The SMILES string of the molecule is COc1ccc(S(C)(=O)=NC(=O)c2cncc(C#Cc3ccc(OC)c(OC)c3)c2)cc1. The molecule has 0 radical (unpaired) electrons. The number of carbonyl (C=O) groups excluding carboxylic acids is 1. The molecule has 0 aliphatic heterocycles. The van der Waals surface area contributed by atoms with Gasteiger partial charge in [0.25, 0.3) is 5.91 Å². The van der Waals surface area contributed by atoms with E-state index < -0.39 is 15.6 Å². The summed E-state index contributed by atoms with van der Waals surface area (Å²) in [7, 11) is 1.72. The Labute approximate surface area is 187 Å². The average molecular weight is 451 g/mol. The molecule has 1 unspecified atom stereocenters. The fourth-order valence-corrected chi connectivity index (χ4v) is 3.94. The first-order valence-electron chi connectivity index (χ1n) is 9.46. The van der Waals surface area contributed by atoms with Crippen LogP contribution >= 0.6 is 0 Å². The van der Waals surface area contributed by atoms with E-state index >= 15 is 0 Å². The molecular formula is C24H22N2O5S. The second-order valence-corrected chi connectivity index (χ2v) is 8.92. The van der Waals surface area contributed by atoms with Crippen LogP contribution in [0.2, 0.25) is 0 Å². The smallest absolute Gasteiger partial charge is 0.286 e. The van der Waals surface area contributed by atoms with Crippen molar-refractivity contribution in [3.63, 3.8) is 0 Å². The van der Waals surface area contributed by atoms with E-state index in [1.807, 2.05) is 0 Å². The van der Waals surface area contributed by atoms with Gasteiger partial charge in [-0.2, -0.15) is 4.36 Å². The van der Waals surface area contributed by atoms with Gasteiger partial charge in [0.2, 0.25) is 0 Å². The molecule has 164 valence electrons. The third kappa shape index (κ3) is 5.45. The normalized spacial score (nSPS) is 12.0. The Bertz CT molecular complexity index is 1310. The molecule has 32 heavy (non-hydrogen) atoms. The minimum atomic E-state index is -2.93. The Balaban J connectivity index is 1.86. The highest BCUT2D eigenvalue weighted by Crippen LogP contribution is 2.27. The number of hydrogen-bond acceptors (Lipinski definition) is 6. The predicted octanol–water partition coefficient (Wildman–Crippen LogP) is 3.80. The molecule has 8 heteroatoms. The van der Waals surface area contributed by atoms with Crippen LogP contribution in [0.25, 0.3) is 0 Å². The summed E-state index contributed by atoms with van der Waals surface area (Å²) < 4.78 is 32.5. The Kier molecular flexibility index (Phi) is 7.13. The van der Waals surface area contributed by atoms with E-state index in [-0.39, 0.29) is 5.56 Å². The molecule has 2 aromatic carbocycles. The number of nitrogens with zero attached hydrogens (tertiary/aromatic N) is 2. The van der Waals surface area contributed by atoms with Crippen LogP contribution in [-0.2, 0) is 9.73 Å². The molecular weight excluding hydrogens is 428 g/mol. The lowest BCUT2D eigenvalue weighted by atomic mass is 10.1. The Morgan fingerprint density at radius 3 is 2.22 bits per heavy atom. The second-order valence-electron chi connectivity index (χ2n) is 6.66. The lowest BCUT2D eigenvalue weighted by Crippen LogP contribution is -2.04. The molecule has 1 amide bonds. The van der Waals surface area contributed by atoms with Gasteiger partial charge in [0.15, 0.2) is 11.5 Å². The highest BCUT2D eigenvalue weighted by Gasteiger charge is 2.12. The highest BCUT2D eigenvalue weighted by atomic mass is 32.2. The summed E-state index contributed by atoms with van der Waals surface area (Å²) in [5.41, 5.74) is 1.43. The zero-order valence-corrected chi connectivity index (χ0v) is 18.9. The first-order chi connectivity index (χ1) is 15.4. The molecule has 7 nitrogen and oxygen atoms in total. The van der Waals surface area contributed by atoms with Crippen molar-refractivity contribution >= 4 is 15.6 Å². The lowest BCUT2D eigenvalue weighted by Gasteiger charge is -2.06. The standard InChI is InChI=1S/C24H22N2O5S/c1-29-20-8-10-21(11-9-20)32(4,28)26-24(27)19-13-18(15-25-16-19)6-5-17-7-12-22(30-2)23(14-17)31-3/h7-16H,1-4H3. The lowest BCUT2D eigenvalue weighted by molar-refractivity contribution is 0.100. The van der Waals surface area contributed by atoms with Gasteiger partial charge in [0, 0.05) is 34.7 Å². The van der Waals surface area contributed by atoms with E-state index in [0.29, 0.717) is 33.3 Å². The molecule has 0 N–H and O–H groups in total. The Hall–Kier alpha value is -3.83. The number of benzene rings is 2. The molecule has 0 fully saturated rings. The van der Waals surface area contributed by atoms with Crippen molar-refractivity contribution in [3.8, 4) is 29.1 Å². The average Bonchev–Trinajstić information content (AvgIpc) is 2.82. The van der Waals surface area contributed by atoms with Crippen LogP contribution in [0.1, 0.15) is 21.5 Å². The molecule has 0 saturated carbocycles. The van der Waals surface area contributed by atoms with Crippen molar-refractivity contribution in [1.82, 2.24) is 4.98 Å². The van der Waals surface area contributed by atoms with Crippen LogP contribution in [0.5, 0.6) is 17.2 Å². The van der Waals surface area contributed by atoms with E-state index in [2.05, 4.69) is 21.2 Å². The third-order valence-electron chi connectivity index (χ3n) is 4.47. The maximum atomic E-state index is 13.0. The first-order valence-corrected chi connectivity index (χ1v) is 11.4. The second kappa shape index (κ2) is 9.98. The number of hydrogen-bond donors (Lipinski definition) is 0. The van der Waals surface area contributed by atoms with E-state index in [0.717, 1.165) is 0 Å². The fourth-order valence-electron chi connectivity index (χ4n) is 2.78. The van der Waals surface area contributed by atoms with Gasteiger partial charge in [-0.15, -0.1) is 0 Å². The molecule has 1 aromatic heterocycles. The summed E-state index contributed by atoms with van der Waals surface area (Å²) in [6, 6.07) is 13.5. The van der Waals surface area contributed by atoms with Crippen molar-refractivity contribution in [2.45, 2.75) is 4.90 Å². The summed E-state index contributed by atoms with van der Waals surface area (Å²) in [5.74, 6) is 7.13. The summed E-state index contributed by atoms with van der Waals surface area (Å²) in [6.45, 7) is 0. The van der Waals surface area contributed by atoms with Gasteiger partial charge in [0.05, 0.1) is 36.6 Å². The Morgan fingerprint density at radius 1 is 0.875 bits per heavy atom. The quantitative estimate of drug-likeness (QED) is 0.550. The molecule has 3 aromatic rings. The van der Waals surface area contributed by atoms with Crippen molar-refractivity contribution in [1.29, 1.82) is 0 Å². The van der Waals surface area contributed by atoms with Crippen LogP contribution in [0.4, 0.5) is 0 Å². The van der Waals surface area contributed by atoms with E-state index in [1.165, 1.54) is 18.6 Å². The minimum Gasteiger partial charge on any atom is -0.497 e. The van der Waals surface area contributed by atoms with Crippen molar-refractivity contribution < 1.29 is 23.2 Å². The Morgan fingerprint density at radius 2 is 1.56 bits per heavy atom. The van der Waals surface area contributed by atoms with Crippen molar-refractivity contribution in [2.75, 3.05) is 27.6 Å². The molecule has 3 rings (SSSR count). The monoisotopic (exact) mass is 450 g/mol. The number of ether oxygens (including phenoxy) is 3. The van der Waals surface area contributed by atoms with Gasteiger partial charge in [0.1, 0.15) is 5.75 Å². The van der Waals surface area contributed by atoms with Gasteiger partial charge in [-0.05, 0) is 48.5 Å². The van der Waals surface area contributed by atoms with Crippen LogP contribution in [0.15, 0.2) is 70.2 Å². The zero-order chi connectivity index (χ0) is 23.1. The first kappa shape index (κ1) is 22.8. The minimum absolute atomic E-state index is 0.201. The van der Waals surface area contributed by atoms with Crippen LogP contribution in [-0.4, -0.2) is 42.7 Å². The summed E-state index contributed by atoms with van der Waals surface area (Å²) >= 11 is 0. The molecule has 0 saturated heterocycles. The van der Waals surface area contributed by atoms with Crippen LogP contribution in [0.3, 0.4) is 0 Å². The van der Waals surface area contributed by atoms with E-state index in [4.69, 9.17) is 14.2 Å². The van der Waals surface area contributed by atoms with Crippen molar-refractivity contribution in [2.24, 2.45) is 4.36 Å². The summed E-state index contributed by atoms with van der Waals surface area (Å²) in [6.07, 6.45) is 4.33. The number of rotatable bonds is 5. The predicted molar refractivity (Wildman–Crippen MR) is 122 cm³/mol. The molecule has 0 aliphatic carbocycles. The summed E-state index contributed by atoms with van der Waals surface area (Å²) in [5, 5.41) is 0. The number of methoxy groups -OCH3 is 3. The number of pyridine rings is 1. The van der Waals surface area contributed by atoms with Gasteiger partial charge >= 0.3 is 0 Å². The largest absolute Gasteiger partial charge is 0.497 e. The zero-order valence-electron chi connectivity index (χ0n) is 18.1. The van der Waals surface area contributed by atoms with E-state index in [9.17, 15) is 9.00 Å². The maximum Gasteiger partial charge on any atom is 0.286 e. The van der Waals surface area contributed by atoms with Gasteiger partial charge in [-0.1, -0.05) is 11.8 Å². The maximum absolute atomic E-state index is 13.0. The molecule has 0 bridgehead atoms. The highest BCUT2D eigenvalue weighted by molar-refractivity contribution is 7.93. The molecule has 1 heterocycles. The van der Waals surface area contributed by atoms with Crippen LogP contribution in [0, 0.1) is 11.8 Å². The van der Waals surface area contributed by atoms with Gasteiger partial charge in [-0.25, -0.2) is 4.21 Å². The van der Waals surface area contributed by atoms with Crippen LogP contribution < -0.4 is 14.2 Å². The molecule has 0 spiro atoms.